The zero-order chi connectivity index (χ0) is 12.3. The van der Waals surface area contributed by atoms with E-state index in [9.17, 15) is 4.39 Å². The average Bonchev–Trinajstić information content (AvgIpc) is 2.80. The molecule has 2 rings (SSSR count). The summed E-state index contributed by atoms with van der Waals surface area (Å²) in [5.74, 6) is -0.375. The highest BCUT2D eigenvalue weighted by atomic mass is 32.1. The first kappa shape index (κ1) is 11.5. The lowest BCUT2D eigenvalue weighted by molar-refractivity contribution is 0.412. The Hall–Kier alpha value is -1.95. The number of halogens is 1. The van der Waals surface area contributed by atoms with Gasteiger partial charge in [0.2, 0.25) is 0 Å². The predicted octanol–water partition coefficient (Wildman–Crippen LogP) is 2.06. The standard InChI is InChI=1S/C11H10FN3OS/c12-7-1-2-10(9(5-7)11(13)17)14-6-8-3-4-16-15-8/h1-5,14H,6H2,(H2,13,17). The molecule has 0 unspecified atom stereocenters. The molecule has 4 nitrogen and oxygen atoms in total. The summed E-state index contributed by atoms with van der Waals surface area (Å²) in [4.78, 5) is 0.146. The number of anilines is 1. The summed E-state index contributed by atoms with van der Waals surface area (Å²) < 4.78 is 17.8. The van der Waals surface area contributed by atoms with Gasteiger partial charge >= 0.3 is 0 Å². The van der Waals surface area contributed by atoms with Crippen LogP contribution < -0.4 is 11.1 Å². The van der Waals surface area contributed by atoms with Crippen LogP contribution >= 0.6 is 12.2 Å². The highest BCUT2D eigenvalue weighted by Gasteiger charge is 2.07. The number of hydrogen-bond acceptors (Lipinski definition) is 4. The van der Waals surface area contributed by atoms with Crippen molar-refractivity contribution in [1.29, 1.82) is 0 Å². The minimum Gasteiger partial charge on any atom is -0.389 e. The van der Waals surface area contributed by atoms with Crippen LogP contribution in [0.1, 0.15) is 11.3 Å². The van der Waals surface area contributed by atoms with Crippen LogP contribution in [0.3, 0.4) is 0 Å². The second-order valence-electron chi connectivity index (χ2n) is 3.40. The molecule has 88 valence electrons. The van der Waals surface area contributed by atoms with Crippen molar-refractivity contribution in [2.75, 3.05) is 5.32 Å². The van der Waals surface area contributed by atoms with E-state index in [1.54, 1.807) is 12.1 Å². The number of hydrogen-bond donors (Lipinski definition) is 2. The Balaban J connectivity index is 2.17. The van der Waals surface area contributed by atoms with Crippen molar-refractivity contribution < 1.29 is 8.91 Å². The van der Waals surface area contributed by atoms with Crippen LogP contribution in [0.4, 0.5) is 10.1 Å². The van der Waals surface area contributed by atoms with Crippen molar-refractivity contribution in [3.8, 4) is 0 Å². The van der Waals surface area contributed by atoms with Crippen LogP contribution in [0, 0.1) is 5.82 Å². The monoisotopic (exact) mass is 251 g/mol. The molecule has 6 heteroatoms. The lowest BCUT2D eigenvalue weighted by Crippen LogP contribution is -2.13. The average molecular weight is 251 g/mol. The highest BCUT2D eigenvalue weighted by Crippen LogP contribution is 2.17. The second kappa shape index (κ2) is 4.92. The maximum atomic E-state index is 13.1. The van der Waals surface area contributed by atoms with E-state index in [1.807, 2.05) is 0 Å². The Morgan fingerprint density at radius 2 is 2.29 bits per heavy atom. The lowest BCUT2D eigenvalue weighted by Gasteiger charge is -2.09. The highest BCUT2D eigenvalue weighted by molar-refractivity contribution is 7.80. The SMILES string of the molecule is NC(=S)c1cc(F)ccc1NCc1ccon1. The van der Waals surface area contributed by atoms with Crippen molar-refractivity contribution >= 4 is 22.9 Å². The minimum atomic E-state index is -0.375. The molecule has 0 aliphatic heterocycles. The maximum absolute atomic E-state index is 13.1. The predicted molar refractivity (Wildman–Crippen MR) is 66.1 cm³/mol. The number of nitrogens with zero attached hydrogens (tertiary/aromatic N) is 1. The van der Waals surface area contributed by atoms with Gasteiger partial charge < -0.3 is 15.6 Å². The first-order valence-electron chi connectivity index (χ1n) is 4.89. The number of rotatable bonds is 4. The Labute approximate surface area is 103 Å². The number of nitrogens with one attached hydrogen (secondary N) is 1. The molecule has 0 aliphatic carbocycles. The van der Waals surface area contributed by atoms with Crippen molar-refractivity contribution in [3.63, 3.8) is 0 Å². The molecule has 0 aliphatic rings. The van der Waals surface area contributed by atoms with E-state index in [2.05, 4.69) is 10.5 Å². The molecule has 1 aromatic heterocycles. The summed E-state index contributed by atoms with van der Waals surface area (Å²) in [5.41, 5.74) is 7.41. The molecule has 0 saturated carbocycles. The fourth-order valence-electron chi connectivity index (χ4n) is 1.39. The zero-order valence-electron chi connectivity index (χ0n) is 8.81. The molecule has 1 aromatic carbocycles. The third-order valence-electron chi connectivity index (χ3n) is 2.20. The molecule has 2 aromatic rings. The topological polar surface area (TPSA) is 64.1 Å². The summed E-state index contributed by atoms with van der Waals surface area (Å²) in [6.45, 7) is 0.456. The van der Waals surface area contributed by atoms with Crippen molar-refractivity contribution in [3.05, 3.63) is 47.6 Å². The molecular formula is C11H10FN3OS. The number of aromatic nitrogens is 1. The summed E-state index contributed by atoms with van der Waals surface area (Å²) in [6, 6.07) is 5.96. The van der Waals surface area contributed by atoms with E-state index in [-0.39, 0.29) is 10.8 Å². The Kier molecular flexibility index (Phi) is 3.34. The zero-order valence-corrected chi connectivity index (χ0v) is 9.63. The van der Waals surface area contributed by atoms with Crippen LogP contribution in [-0.2, 0) is 6.54 Å². The first-order chi connectivity index (χ1) is 8.16. The normalized spacial score (nSPS) is 10.2. The molecule has 3 N–H and O–H groups in total. The molecule has 0 amide bonds. The van der Waals surface area contributed by atoms with Gasteiger partial charge in [0.1, 0.15) is 22.8 Å². The third kappa shape index (κ3) is 2.79. The van der Waals surface area contributed by atoms with E-state index < -0.39 is 0 Å². The van der Waals surface area contributed by atoms with Gasteiger partial charge in [0, 0.05) is 17.3 Å². The fraction of sp³-hybridized carbons (Fsp3) is 0.0909. The Morgan fingerprint density at radius 1 is 1.47 bits per heavy atom. The third-order valence-corrected chi connectivity index (χ3v) is 2.42. The van der Waals surface area contributed by atoms with Gasteiger partial charge in [0.05, 0.1) is 6.54 Å². The summed E-state index contributed by atoms with van der Waals surface area (Å²) >= 11 is 4.86. The van der Waals surface area contributed by atoms with Crippen LogP contribution in [0.15, 0.2) is 35.1 Å². The van der Waals surface area contributed by atoms with Crippen molar-refractivity contribution in [2.45, 2.75) is 6.54 Å². The minimum absolute atomic E-state index is 0.146. The second-order valence-corrected chi connectivity index (χ2v) is 3.84. The molecule has 0 spiro atoms. The van der Waals surface area contributed by atoms with Crippen LogP contribution in [-0.4, -0.2) is 10.1 Å². The number of benzene rings is 1. The van der Waals surface area contributed by atoms with Crippen molar-refractivity contribution in [1.82, 2.24) is 5.16 Å². The largest absolute Gasteiger partial charge is 0.389 e. The molecule has 0 fully saturated rings. The van der Waals surface area contributed by atoms with E-state index in [1.165, 1.54) is 18.4 Å². The molecular weight excluding hydrogens is 241 g/mol. The first-order valence-corrected chi connectivity index (χ1v) is 5.30. The van der Waals surface area contributed by atoms with Gasteiger partial charge in [0.15, 0.2) is 0 Å². The van der Waals surface area contributed by atoms with Gasteiger partial charge in [-0.3, -0.25) is 0 Å². The van der Waals surface area contributed by atoms with Gasteiger partial charge in [-0.15, -0.1) is 0 Å². The Morgan fingerprint density at radius 3 is 2.94 bits per heavy atom. The van der Waals surface area contributed by atoms with Gasteiger partial charge in [-0.1, -0.05) is 17.4 Å². The van der Waals surface area contributed by atoms with Crippen LogP contribution in [0.5, 0.6) is 0 Å². The molecule has 17 heavy (non-hydrogen) atoms. The summed E-state index contributed by atoms with van der Waals surface area (Å²) in [6.07, 6.45) is 1.48. The summed E-state index contributed by atoms with van der Waals surface area (Å²) in [5, 5.41) is 6.82. The van der Waals surface area contributed by atoms with Gasteiger partial charge in [-0.05, 0) is 18.2 Å². The van der Waals surface area contributed by atoms with Gasteiger partial charge in [0.25, 0.3) is 0 Å². The van der Waals surface area contributed by atoms with Crippen LogP contribution in [0.25, 0.3) is 0 Å². The van der Waals surface area contributed by atoms with E-state index in [0.717, 1.165) is 5.69 Å². The van der Waals surface area contributed by atoms with Crippen molar-refractivity contribution in [2.24, 2.45) is 5.73 Å². The maximum Gasteiger partial charge on any atom is 0.124 e. The molecule has 0 bridgehead atoms. The molecule has 0 atom stereocenters. The molecule has 1 heterocycles. The van der Waals surface area contributed by atoms with E-state index in [4.69, 9.17) is 22.5 Å². The number of nitrogens with two attached hydrogens (primary N) is 1. The van der Waals surface area contributed by atoms with E-state index in [0.29, 0.717) is 17.8 Å². The van der Waals surface area contributed by atoms with Gasteiger partial charge in [-0.2, -0.15) is 0 Å². The summed E-state index contributed by atoms with van der Waals surface area (Å²) in [7, 11) is 0. The fourth-order valence-corrected chi connectivity index (χ4v) is 1.56. The molecule has 0 saturated heterocycles. The number of thiocarbonyl (C=S) groups is 1. The van der Waals surface area contributed by atoms with Crippen LogP contribution in [0.2, 0.25) is 0 Å². The smallest absolute Gasteiger partial charge is 0.124 e. The lowest BCUT2D eigenvalue weighted by atomic mass is 10.1. The Bertz CT molecular complexity index is 528. The van der Waals surface area contributed by atoms with E-state index >= 15 is 0 Å². The van der Waals surface area contributed by atoms with Gasteiger partial charge in [-0.25, -0.2) is 4.39 Å². The molecule has 0 radical (unpaired) electrons. The quantitative estimate of drug-likeness (QED) is 0.814.